The SMILES string of the molecule is CC1(C)OCC(CC2CCCCC2)N1C(=O)O. The number of carbonyl (C=O) groups is 1. The molecule has 2 rings (SSSR count). The van der Waals surface area contributed by atoms with Crippen LogP contribution in [-0.2, 0) is 4.74 Å². The quantitative estimate of drug-likeness (QED) is 0.808. The van der Waals surface area contributed by atoms with E-state index in [1.807, 2.05) is 13.8 Å². The second kappa shape index (κ2) is 4.84. The fraction of sp³-hybridized carbons (Fsp3) is 0.923. The van der Waals surface area contributed by atoms with Crippen molar-refractivity contribution in [2.45, 2.75) is 64.1 Å². The van der Waals surface area contributed by atoms with Crippen LogP contribution < -0.4 is 0 Å². The highest BCUT2D eigenvalue weighted by Crippen LogP contribution is 2.34. The smallest absolute Gasteiger partial charge is 0.409 e. The fourth-order valence-corrected chi connectivity index (χ4v) is 3.25. The predicted octanol–water partition coefficient (Wildman–Crippen LogP) is 3.07. The third kappa shape index (κ3) is 2.73. The number of hydrogen-bond acceptors (Lipinski definition) is 2. The molecule has 0 spiro atoms. The van der Waals surface area contributed by atoms with E-state index in [4.69, 9.17) is 4.74 Å². The molecule has 1 N–H and O–H groups in total. The van der Waals surface area contributed by atoms with Crippen LogP contribution in [-0.4, -0.2) is 34.5 Å². The summed E-state index contributed by atoms with van der Waals surface area (Å²) in [5.74, 6) is 0.688. The van der Waals surface area contributed by atoms with Crippen molar-refractivity contribution < 1.29 is 14.6 Å². The largest absolute Gasteiger partial charge is 0.465 e. The van der Waals surface area contributed by atoms with Gasteiger partial charge in [0.25, 0.3) is 0 Å². The lowest BCUT2D eigenvalue weighted by Crippen LogP contribution is -2.47. The van der Waals surface area contributed by atoms with E-state index in [-0.39, 0.29) is 6.04 Å². The Kier molecular flexibility index (Phi) is 3.61. The highest BCUT2D eigenvalue weighted by molar-refractivity contribution is 5.66. The zero-order chi connectivity index (χ0) is 12.5. The Hall–Kier alpha value is -0.770. The van der Waals surface area contributed by atoms with Crippen molar-refractivity contribution in [3.63, 3.8) is 0 Å². The van der Waals surface area contributed by atoms with E-state index >= 15 is 0 Å². The van der Waals surface area contributed by atoms with Gasteiger partial charge in [-0.25, -0.2) is 4.79 Å². The molecule has 1 saturated heterocycles. The highest BCUT2D eigenvalue weighted by Gasteiger charge is 2.44. The van der Waals surface area contributed by atoms with Gasteiger partial charge >= 0.3 is 6.09 Å². The van der Waals surface area contributed by atoms with Crippen molar-refractivity contribution in [1.29, 1.82) is 0 Å². The van der Waals surface area contributed by atoms with Crippen molar-refractivity contribution in [3.8, 4) is 0 Å². The lowest BCUT2D eigenvalue weighted by Gasteiger charge is -2.33. The van der Waals surface area contributed by atoms with E-state index in [1.165, 1.54) is 37.0 Å². The van der Waals surface area contributed by atoms with Crippen molar-refractivity contribution in [1.82, 2.24) is 4.90 Å². The van der Waals surface area contributed by atoms with E-state index in [2.05, 4.69) is 0 Å². The Labute approximate surface area is 103 Å². The maximum atomic E-state index is 11.3. The number of nitrogens with zero attached hydrogens (tertiary/aromatic N) is 1. The van der Waals surface area contributed by atoms with Gasteiger partial charge in [0.2, 0.25) is 0 Å². The number of amides is 1. The summed E-state index contributed by atoms with van der Waals surface area (Å²) >= 11 is 0. The molecule has 1 aliphatic heterocycles. The molecular weight excluding hydrogens is 218 g/mol. The number of rotatable bonds is 2. The molecular formula is C13H23NO3. The van der Waals surface area contributed by atoms with Gasteiger partial charge in [-0.15, -0.1) is 0 Å². The third-order valence-electron chi connectivity index (χ3n) is 4.11. The molecule has 1 aliphatic carbocycles. The van der Waals surface area contributed by atoms with Crippen LogP contribution in [0.2, 0.25) is 0 Å². The first-order chi connectivity index (χ1) is 8.00. The topological polar surface area (TPSA) is 49.8 Å². The number of hydrogen-bond donors (Lipinski definition) is 1. The van der Waals surface area contributed by atoms with E-state index < -0.39 is 11.8 Å². The summed E-state index contributed by atoms with van der Waals surface area (Å²) in [4.78, 5) is 12.8. The highest BCUT2D eigenvalue weighted by atomic mass is 16.5. The molecule has 0 bridgehead atoms. The van der Waals surface area contributed by atoms with Gasteiger partial charge in [-0.1, -0.05) is 32.1 Å². The molecule has 1 saturated carbocycles. The average Bonchev–Trinajstić information content (AvgIpc) is 2.55. The molecule has 1 atom stereocenters. The van der Waals surface area contributed by atoms with Gasteiger partial charge in [0.1, 0.15) is 5.72 Å². The molecule has 2 fully saturated rings. The number of carboxylic acid groups (broad SMARTS) is 1. The Morgan fingerprint density at radius 1 is 1.35 bits per heavy atom. The molecule has 17 heavy (non-hydrogen) atoms. The molecule has 1 amide bonds. The minimum Gasteiger partial charge on any atom is -0.465 e. The summed E-state index contributed by atoms with van der Waals surface area (Å²) < 4.78 is 5.61. The molecule has 0 aromatic rings. The van der Waals surface area contributed by atoms with Gasteiger partial charge in [-0.3, -0.25) is 4.90 Å². The summed E-state index contributed by atoms with van der Waals surface area (Å²) in [6, 6.07) is 0.0469. The standard InChI is InChI=1S/C13H23NO3/c1-13(2)14(12(15)16)11(9-17-13)8-10-6-4-3-5-7-10/h10-11H,3-9H2,1-2H3,(H,15,16). The number of ether oxygens (including phenoxy) is 1. The van der Waals surface area contributed by atoms with Gasteiger partial charge < -0.3 is 9.84 Å². The van der Waals surface area contributed by atoms with Crippen LogP contribution in [0.25, 0.3) is 0 Å². The minimum atomic E-state index is -0.853. The molecule has 1 unspecified atom stereocenters. The maximum absolute atomic E-state index is 11.3. The van der Waals surface area contributed by atoms with Crippen molar-refractivity contribution in [3.05, 3.63) is 0 Å². The summed E-state index contributed by atoms with van der Waals surface area (Å²) in [6.07, 6.45) is 6.56. The Balaban J connectivity index is 1.97. The fourth-order valence-electron chi connectivity index (χ4n) is 3.25. The summed E-state index contributed by atoms with van der Waals surface area (Å²) in [6.45, 7) is 4.22. The molecule has 0 aromatic heterocycles. The van der Waals surface area contributed by atoms with Gasteiger partial charge in [0.05, 0.1) is 12.6 Å². The van der Waals surface area contributed by atoms with Crippen molar-refractivity contribution in [2.75, 3.05) is 6.61 Å². The van der Waals surface area contributed by atoms with Crippen molar-refractivity contribution in [2.24, 2.45) is 5.92 Å². The van der Waals surface area contributed by atoms with Gasteiger partial charge in [0, 0.05) is 0 Å². The normalized spacial score (nSPS) is 29.5. The van der Waals surface area contributed by atoms with Crippen LogP contribution >= 0.6 is 0 Å². The molecule has 0 aromatic carbocycles. The molecule has 4 heteroatoms. The van der Waals surface area contributed by atoms with Crippen LogP contribution in [0.4, 0.5) is 4.79 Å². The maximum Gasteiger partial charge on any atom is 0.409 e. The zero-order valence-electron chi connectivity index (χ0n) is 10.8. The Bertz CT molecular complexity index is 284. The lowest BCUT2D eigenvalue weighted by atomic mass is 9.84. The van der Waals surface area contributed by atoms with Crippen LogP contribution in [0.15, 0.2) is 0 Å². The Morgan fingerprint density at radius 2 is 2.00 bits per heavy atom. The molecule has 1 heterocycles. The van der Waals surface area contributed by atoms with Gasteiger partial charge in [0.15, 0.2) is 0 Å². The minimum absolute atomic E-state index is 0.0469. The lowest BCUT2D eigenvalue weighted by molar-refractivity contribution is -0.0425. The molecule has 0 radical (unpaired) electrons. The van der Waals surface area contributed by atoms with Crippen LogP contribution in [0, 0.1) is 5.92 Å². The average molecular weight is 241 g/mol. The van der Waals surface area contributed by atoms with E-state index in [1.54, 1.807) is 0 Å². The van der Waals surface area contributed by atoms with E-state index in [9.17, 15) is 9.90 Å². The van der Waals surface area contributed by atoms with Gasteiger partial charge in [-0.05, 0) is 26.2 Å². The first kappa shape index (κ1) is 12.7. The third-order valence-corrected chi connectivity index (χ3v) is 4.11. The van der Waals surface area contributed by atoms with E-state index in [0.29, 0.717) is 12.5 Å². The Morgan fingerprint density at radius 3 is 2.59 bits per heavy atom. The van der Waals surface area contributed by atoms with Crippen molar-refractivity contribution >= 4 is 6.09 Å². The van der Waals surface area contributed by atoms with Gasteiger partial charge in [-0.2, -0.15) is 0 Å². The first-order valence-electron chi connectivity index (χ1n) is 6.67. The van der Waals surface area contributed by atoms with Crippen LogP contribution in [0.5, 0.6) is 0 Å². The summed E-state index contributed by atoms with van der Waals surface area (Å²) in [7, 11) is 0. The zero-order valence-corrected chi connectivity index (χ0v) is 10.8. The van der Waals surface area contributed by atoms with Crippen LogP contribution in [0.3, 0.4) is 0 Å². The first-order valence-corrected chi connectivity index (χ1v) is 6.67. The molecule has 98 valence electrons. The molecule has 2 aliphatic rings. The monoisotopic (exact) mass is 241 g/mol. The second-order valence-electron chi connectivity index (χ2n) is 5.80. The predicted molar refractivity (Wildman–Crippen MR) is 64.9 cm³/mol. The summed E-state index contributed by atoms with van der Waals surface area (Å²) in [5.41, 5.74) is -0.662. The molecule has 4 nitrogen and oxygen atoms in total. The summed E-state index contributed by atoms with van der Waals surface area (Å²) in [5, 5.41) is 9.29. The second-order valence-corrected chi connectivity index (χ2v) is 5.80. The van der Waals surface area contributed by atoms with E-state index in [0.717, 1.165) is 6.42 Å². The van der Waals surface area contributed by atoms with Crippen LogP contribution in [0.1, 0.15) is 52.4 Å².